The molecular formula is C17H16N4O2. The third-order valence-electron chi connectivity index (χ3n) is 3.98. The molecule has 1 aromatic carbocycles. The Hall–Kier alpha value is -2.73. The van der Waals surface area contributed by atoms with Gasteiger partial charge < -0.3 is 5.11 Å². The van der Waals surface area contributed by atoms with E-state index < -0.39 is 0 Å². The molecule has 23 heavy (non-hydrogen) atoms. The molecule has 0 aliphatic heterocycles. The summed E-state index contributed by atoms with van der Waals surface area (Å²) in [6.07, 6.45) is 1.89. The van der Waals surface area contributed by atoms with Crippen molar-refractivity contribution in [3.8, 4) is 11.3 Å². The van der Waals surface area contributed by atoms with Gasteiger partial charge in [-0.15, -0.1) is 5.10 Å². The molecule has 0 bridgehead atoms. The number of carbonyl (C=O) groups excluding carboxylic acids is 1. The molecule has 1 fully saturated rings. The van der Waals surface area contributed by atoms with Crippen LogP contribution in [0, 0.1) is 5.92 Å². The SMILES string of the molecule is O=C(Nc1nc2cccc(-c3ccc(CO)cc3)n2n1)C1CC1. The minimum atomic E-state index is -0.00486. The van der Waals surface area contributed by atoms with Gasteiger partial charge in [-0.1, -0.05) is 30.3 Å². The van der Waals surface area contributed by atoms with Crippen molar-refractivity contribution in [3.05, 3.63) is 48.0 Å². The van der Waals surface area contributed by atoms with Crippen LogP contribution in [0.25, 0.3) is 16.9 Å². The smallest absolute Gasteiger partial charge is 0.249 e. The van der Waals surface area contributed by atoms with Crippen LogP contribution in [0.15, 0.2) is 42.5 Å². The van der Waals surface area contributed by atoms with E-state index in [1.54, 1.807) is 4.52 Å². The third kappa shape index (κ3) is 2.68. The predicted molar refractivity (Wildman–Crippen MR) is 85.7 cm³/mol. The number of benzene rings is 1. The Balaban J connectivity index is 1.71. The van der Waals surface area contributed by atoms with E-state index >= 15 is 0 Å². The average Bonchev–Trinajstić information content (AvgIpc) is 3.35. The Bertz CT molecular complexity index is 866. The maximum Gasteiger partial charge on any atom is 0.249 e. The van der Waals surface area contributed by atoms with Crippen LogP contribution in [0.3, 0.4) is 0 Å². The van der Waals surface area contributed by atoms with E-state index in [0.717, 1.165) is 29.7 Å². The minimum absolute atomic E-state index is 0.00486. The molecule has 0 unspecified atom stereocenters. The van der Waals surface area contributed by atoms with Crippen molar-refractivity contribution < 1.29 is 9.90 Å². The lowest BCUT2D eigenvalue weighted by atomic mass is 10.1. The first-order chi connectivity index (χ1) is 11.2. The first-order valence-electron chi connectivity index (χ1n) is 7.61. The van der Waals surface area contributed by atoms with Crippen LogP contribution in [-0.2, 0) is 11.4 Å². The van der Waals surface area contributed by atoms with Crippen LogP contribution in [0.1, 0.15) is 18.4 Å². The lowest BCUT2D eigenvalue weighted by molar-refractivity contribution is -0.117. The molecule has 2 heterocycles. The summed E-state index contributed by atoms with van der Waals surface area (Å²) in [7, 11) is 0. The largest absolute Gasteiger partial charge is 0.392 e. The molecule has 0 atom stereocenters. The Labute approximate surface area is 132 Å². The van der Waals surface area contributed by atoms with Crippen LogP contribution in [0.5, 0.6) is 0 Å². The Morgan fingerprint density at radius 1 is 1.22 bits per heavy atom. The van der Waals surface area contributed by atoms with Gasteiger partial charge >= 0.3 is 0 Å². The number of fused-ring (bicyclic) bond motifs is 1. The number of nitrogens with zero attached hydrogens (tertiary/aromatic N) is 3. The fraction of sp³-hybridized carbons (Fsp3) is 0.235. The third-order valence-corrected chi connectivity index (χ3v) is 3.98. The van der Waals surface area contributed by atoms with Crippen molar-refractivity contribution in [2.75, 3.05) is 5.32 Å². The molecule has 6 heteroatoms. The van der Waals surface area contributed by atoms with Crippen molar-refractivity contribution in [1.29, 1.82) is 0 Å². The molecule has 0 radical (unpaired) electrons. The maximum atomic E-state index is 11.9. The van der Waals surface area contributed by atoms with Gasteiger partial charge in [0.15, 0.2) is 5.65 Å². The molecule has 3 aromatic rings. The van der Waals surface area contributed by atoms with Crippen LogP contribution in [0.2, 0.25) is 0 Å². The van der Waals surface area contributed by atoms with Crippen molar-refractivity contribution in [2.24, 2.45) is 5.92 Å². The van der Waals surface area contributed by atoms with Crippen LogP contribution < -0.4 is 5.32 Å². The van der Waals surface area contributed by atoms with Crippen LogP contribution in [0.4, 0.5) is 5.95 Å². The van der Waals surface area contributed by atoms with E-state index in [2.05, 4.69) is 15.4 Å². The zero-order valence-corrected chi connectivity index (χ0v) is 12.4. The summed E-state index contributed by atoms with van der Waals surface area (Å²) in [5.41, 5.74) is 3.39. The minimum Gasteiger partial charge on any atom is -0.392 e. The summed E-state index contributed by atoms with van der Waals surface area (Å²) in [6.45, 7) is 0.0190. The number of hydrogen-bond donors (Lipinski definition) is 2. The molecule has 2 aromatic heterocycles. The number of aromatic nitrogens is 3. The van der Waals surface area contributed by atoms with Crippen LogP contribution >= 0.6 is 0 Å². The van der Waals surface area contributed by atoms with Crippen molar-refractivity contribution in [2.45, 2.75) is 19.4 Å². The van der Waals surface area contributed by atoms with E-state index in [1.807, 2.05) is 42.5 Å². The fourth-order valence-corrected chi connectivity index (χ4v) is 2.52. The molecule has 1 aliphatic carbocycles. The summed E-state index contributed by atoms with van der Waals surface area (Å²) in [6, 6.07) is 13.3. The second kappa shape index (κ2) is 5.48. The van der Waals surface area contributed by atoms with Gasteiger partial charge in [-0.2, -0.15) is 4.98 Å². The van der Waals surface area contributed by atoms with Gasteiger partial charge in [-0.05, 0) is 30.5 Å². The van der Waals surface area contributed by atoms with Crippen molar-refractivity contribution in [3.63, 3.8) is 0 Å². The summed E-state index contributed by atoms with van der Waals surface area (Å²) in [4.78, 5) is 16.2. The second-order valence-corrected chi connectivity index (χ2v) is 5.73. The molecule has 1 saturated carbocycles. The lowest BCUT2D eigenvalue weighted by Crippen LogP contribution is -2.14. The molecule has 6 nitrogen and oxygen atoms in total. The van der Waals surface area contributed by atoms with E-state index in [4.69, 9.17) is 5.11 Å². The molecule has 2 N–H and O–H groups in total. The quantitative estimate of drug-likeness (QED) is 0.774. The standard InChI is InChI=1S/C17H16N4O2/c22-10-11-4-6-12(7-5-11)14-2-1-3-15-18-17(20-21(14)15)19-16(23)13-8-9-13/h1-7,13,22H,8-10H2,(H,19,20,23). The predicted octanol–water partition coefficient (Wildman–Crippen LogP) is 2.24. The molecule has 0 saturated heterocycles. The van der Waals surface area contributed by atoms with Gasteiger partial charge in [0.1, 0.15) is 0 Å². The topological polar surface area (TPSA) is 79.5 Å². The molecule has 1 aliphatic rings. The van der Waals surface area contributed by atoms with E-state index in [1.165, 1.54) is 0 Å². The van der Waals surface area contributed by atoms with Gasteiger partial charge in [0.2, 0.25) is 11.9 Å². The highest BCUT2D eigenvalue weighted by atomic mass is 16.3. The number of pyridine rings is 1. The maximum absolute atomic E-state index is 11.9. The van der Waals surface area contributed by atoms with E-state index in [-0.39, 0.29) is 18.4 Å². The summed E-state index contributed by atoms with van der Waals surface area (Å²) < 4.78 is 1.72. The van der Waals surface area contributed by atoms with Gasteiger partial charge in [0, 0.05) is 11.5 Å². The lowest BCUT2D eigenvalue weighted by Gasteiger charge is -2.05. The molecule has 1 amide bonds. The first-order valence-corrected chi connectivity index (χ1v) is 7.61. The number of aliphatic hydroxyl groups is 1. The van der Waals surface area contributed by atoms with Gasteiger partial charge in [0.05, 0.1) is 12.3 Å². The molecular weight excluding hydrogens is 292 g/mol. The van der Waals surface area contributed by atoms with Crippen molar-refractivity contribution >= 4 is 17.5 Å². The Morgan fingerprint density at radius 2 is 2.00 bits per heavy atom. The Morgan fingerprint density at radius 3 is 2.70 bits per heavy atom. The molecule has 4 rings (SSSR count). The number of nitrogens with one attached hydrogen (secondary N) is 1. The first kappa shape index (κ1) is 13.9. The number of rotatable bonds is 4. The summed E-state index contributed by atoms with van der Waals surface area (Å²) >= 11 is 0. The second-order valence-electron chi connectivity index (χ2n) is 5.73. The van der Waals surface area contributed by atoms with E-state index in [9.17, 15) is 4.79 Å². The Kier molecular flexibility index (Phi) is 3.31. The van der Waals surface area contributed by atoms with Crippen LogP contribution in [-0.4, -0.2) is 25.6 Å². The normalized spacial score (nSPS) is 14.1. The van der Waals surface area contributed by atoms with Crippen molar-refractivity contribution in [1.82, 2.24) is 14.6 Å². The number of aliphatic hydroxyl groups excluding tert-OH is 1. The summed E-state index contributed by atoms with van der Waals surface area (Å²) in [5, 5.41) is 16.3. The van der Waals surface area contributed by atoms with Gasteiger partial charge in [-0.3, -0.25) is 10.1 Å². The number of amides is 1. The fourth-order valence-electron chi connectivity index (χ4n) is 2.52. The number of carbonyl (C=O) groups is 1. The van der Waals surface area contributed by atoms with E-state index in [0.29, 0.717) is 11.6 Å². The zero-order chi connectivity index (χ0) is 15.8. The highest BCUT2D eigenvalue weighted by Gasteiger charge is 2.30. The molecule has 0 spiro atoms. The number of anilines is 1. The summed E-state index contributed by atoms with van der Waals surface area (Å²) in [5.74, 6) is 0.447. The highest BCUT2D eigenvalue weighted by molar-refractivity contribution is 5.92. The molecule has 116 valence electrons. The monoisotopic (exact) mass is 308 g/mol. The number of hydrogen-bond acceptors (Lipinski definition) is 4. The average molecular weight is 308 g/mol. The van der Waals surface area contributed by atoms with Gasteiger partial charge in [0.25, 0.3) is 0 Å². The van der Waals surface area contributed by atoms with Gasteiger partial charge in [-0.25, -0.2) is 4.52 Å². The highest BCUT2D eigenvalue weighted by Crippen LogP contribution is 2.30. The zero-order valence-electron chi connectivity index (χ0n) is 12.4.